The maximum absolute atomic E-state index is 9.95. The fourth-order valence-electron chi connectivity index (χ4n) is 0.412. The van der Waals surface area contributed by atoms with E-state index in [-0.39, 0.29) is 6.54 Å². The number of nitrogens with one attached hydrogen (secondary N) is 1. The molecule has 0 aliphatic carbocycles. The summed E-state index contributed by atoms with van der Waals surface area (Å²) in [6, 6.07) is 0. The lowest BCUT2D eigenvalue weighted by Crippen LogP contribution is -2.28. The standard InChI is InChI=1S/C4H11NO4S/c1-8-4(9-2)3-5-10(6)7/h4,10H,3H2,1-2H3,(H,5,6,7). The molecule has 0 aliphatic rings. The smallest absolute Gasteiger partial charge is 0.201 e. The van der Waals surface area contributed by atoms with Gasteiger partial charge in [-0.15, -0.1) is 0 Å². The fourth-order valence-corrected chi connectivity index (χ4v) is 0.710. The normalized spacial score (nSPS) is 11.2. The van der Waals surface area contributed by atoms with Crippen LogP contribution in [0.4, 0.5) is 0 Å². The molecule has 0 atom stereocenters. The maximum atomic E-state index is 9.95. The first kappa shape index (κ1) is 9.83. The molecule has 0 radical (unpaired) electrons. The molecule has 0 heterocycles. The molecule has 0 aromatic heterocycles. The Hall–Kier alpha value is -0.170. The lowest BCUT2D eigenvalue weighted by molar-refractivity contribution is -0.0959. The zero-order valence-corrected chi connectivity index (χ0v) is 6.76. The molecule has 0 aromatic rings. The summed E-state index contributed by atoms with van der Waals surface area (Å²) in [7, 11) is 0.322. The Balaban J connectivity index is 3.44. The number of rotatable bonds is 5. The van der Waals surface area contributed by atoms with E-state index in [1.54, 1.807) is 0 Å². The van der Waals surface area contributed by atoms with Crippen molar-refractivity contribution in [3.8, 4) is 0 Å². The third-order valence-corrected chi connectivity index (χ3v) is 1.35. The summed E-state index contributed by atoms with van der Waals surface area (Å²) in [5, 5.41) is 0. The van der Waals surface area contributed by atoms with Gasteiger partial charge in [-0.2, -0.15) is 0 Å². The van der Waals surface area contributed by atoms with Crippen molar-refractivity contribution in [2.24, 2.45) is 0 Å². The average Bonchev–Trinajstić information content (AvgIpc) is 1.90. The Kier molecular flexibility index (Phi) is 5.51. The zero-order valence-electron chi connectivity index (χ0n) is 5.86. The van der Waals surface area contributed by atoms with Gasteiger partial charge in [0.1, 0.15) is 0 Å². The van der Waals surface area contributed by atoms with Gasteiger partial charge < -0.3 is 9.47 Å². The second kappa shape index (κ2) is 5.60. The third kappa shape index (κ3) is 4.68. The molecule has 62 valence electrons. The lowest BCUT2D eigenvalue weighted by Gasteiger charge is -2.10. The topological polar surface area (TPSA) is 64.6 Å². The largest absolute Gasteiger partial charge is 0.355 e. The van der Waals surface area contributed by atoms with Crippen molar-refractivity contribution >= 4 is 10.9 Å². The van der Waals surface area contributed by atoms with Gasteiger partial charge in [-0.1, -0.05) is 0 Å². The minimum Gasteiger partial charge on any atom is -0.355 e. The summed E-state index contributed by atoms with van der Waals surface area (Å²) >= 11 is 0. The summed E-state index contributed by atoms with van der Waals surface area (Å²) in [4.78, 5) is 0. The van der Waals surface area contributed by atoms with Crippen LogP contribution in [0.3, 0.4) is 0 Å². The Bertz CT molecular complexity index is 134. The summed E-state index contributed by atoms with van der Waals surface area (Å²) in [6.45, 7) is 0.145. The number of hydrogen-bond acceptors (Lipinski definition) is 4. The van der Waals surface area contributed by atoms with Crippen LogP contribution in [0.5, 0.6) is 0 Å². The molecule has 0 saturated carbocycles. The van der Waals surface area contributed by atoms with Crippen LogP contribution in [-0.2, 0) is 20.4 Å². The molecule has 1 N–H and O–H groups in total. The van der Waals surface area contributed by atoms with Crippen LogP contribution in [0.25, 0.3) is 0 Å². The van der Waals surface area contributed by atoms with Crippen LogP contribution in [-0.4, -0.2) is 35.5 Å². The van der Waals surface area contributed by atoms with E-state index in [9.17, 15) is 8.42 Å². The SMILES string of the molecule is COC(CN[SH](=O)=O)OC. The van der Waals surface area contributed by atoms with E-state index < -0.39 is 17.2 Å². The van der Waals surface area contributed by atoms with Gasteiger partial charge in [-0.05, 0) is 0 Å². The second-order valence-electron chi connectivity index (χ2n) is 1.52. The second-order valence-corrected chi connectivity index (χ2v) is 2.35. The Morgan fingerprint density at radius 1 is 1.40 bits per heavy atom. The lowest BCUT2D eigenvalue weighted by atomic mass is 10.6. The van der Waals surface area contributed by atoms with Gasteiger partial charge in [0.05, 0.1) is 6.54 Å². The van der Waals surface area contributed by atoms with Crippen LogP contribution in [0.15, 0.2) is 0 Å². The molecule has 0 bridgehead atoms. The molecule has 0 saturated heterocycles. The fraction of sp³-hybridized carbons (Fsp3) is 1.00. The molecule has 6 heteroatoms. The Morgan fingerprint density at radius 2 is 1.90 bits per heavy atom. The highest BCUT2D eigenvalue weighted by molar-refractivity contribution is 7.70. The Labute approximate surface area is 61.4 Å². The molecule has 0 amide bonds. The first-order chi connectivity index (χ1) is 4.70. The molecule has 0 aliphatic heterocycles. The van der Waals surface area contributed by atoms with E-state index in [4.69, 9.17) is 9.47 Å². The van der Waals surface area contributed by atoms with Crippen LogP contribution >= 0.6 is 0 Å². The van der Waals surface area contributed by atoms with Gasteiger partial charge in [0, 0.05) is 14.2 Å². The number of ether oxygens (including phenoxy) is 2. The number of methoxy groups -OCH3 is 2. The predicted octanol–water partition coefficient (Wildman–Crippen LogP) is -1.28. The summed E-state index contributed by atoms with van der Waals surface area (Å²) < 4.78 is 31.4. The van der Waals surface area contributed by atoms with E-state index in [1.807, 2.05) is 0 Å². The van der Waals surface area contributed by atoms with Crippen LogP contribution in [0.1, 0.15) is 0 Å². The van der Waals surface area contributed by atoms with Crippen molar-refractivity contribution < 1.29 is 17.9 Å². The van der Waals surface area contributed by atoms with E-state index in [0.29, 0.717) is 0 Å². The van der Waals surface area contributed by atoms with Crippen LogP contribution in [0, 0.1) is 0 Å². The van der Waals surface area contributed by atoms with Crippen LogP contribution < -0.4 is 4.72 Å². The molecular weight excluding hydrogens is 158 g/mol. The van der Waals surface area contributed by atoms with Gasteiger partial charge in [0.2, 0.25) is 10.9 Å². The van der Waals surface area contributed by atoms with E-state index in [1.165, 1.54) is 14.2 Å². The van der Waals surface area contributed by atoms with Crippen LogP contribution in [0.2, 0.25) is 0 Å². The van der Waals surface area contributed by atoms with E-state index >= 15 is 0 Å². The van der Waals surface area contributed by atoms with Crippen molar-refractivity contribution in [1.82, 2.24) is 4.72 Å². The molecule has 10 heavy (non-hydrogen) atoms. The van der Waals surface area contributed by atoms with Gasteiger partial charge in [0.15, 0.2) is 6.29 Å². The summed E-state index contributed by atoms with van der Waals surface area (Å²) in [5.74, 6) is 0. The molecule has 5 nitrogen and oxygen atoms in total. The van der Waals surface area contributed by atoms with Gasteiger partial charge in [-0.3, -0.25) is 0 Å². The van der Waals surface area contributed by atoms with Gasteiger partial charge >= 0.3 is 0 Å². The average molecular weight is 169 g/mol. The number of thiol groups is 1. The predicted molar refractivity (Wildman–Crippen MR) is 36.1 cm³/mol. The highest BCUT2D eigenvalue weighted by Crippen LogP contribution is 1.86. The highest BCUT2D eigenvalue weighted by Gasteiger charge is 2.02. The monoisotopic (exact) mass is 169 g/mol. The molecule has 0 rings (SSSR count). The van der Waals surface area contributed by atoms with Crippen molar-refractivity contribution in [3.05, 3.63) is 0 Å². The maximum Gasteiger partial charge on any atom is 0.201 e. The molecule has 0 aromatic carbocycles. The van der Waals surface area contributed by atoms with Crippen molar-refractivity contribution in [2.75, 3.05) is 20.8 Å². The molecule has 0 fully saturated rings. The Morgan fingerprint density at radius 3 is 2.20 bits per heavy atom. The number of hydrogen-bond donors (Lipinski definition) is 2. The molecule has 0 spiro atoms. The third-order valence-electron chi connectivity index (χ3n) is 0.913. The van der Waals surface area contributed by atoms with Crippen molar-refractivity contribution in [1.29, 1.82) is 0 Å². The van der Waals surface area contributed by atoms with Crippen molar-refractivity contribution in [3.63, 3.8) is 0 Å². The summed E-state index contributed by atoms with van der Waals surface area (Å²) in [5.41, 5.74) is 0. The summed E-state index contributed by atoms with van der Waals surface area (Å²) in [6.07, 6.45) is -0.507. The highest BCUT2D eigenvalue weighted by atomic mass is 32.2. The first-order valence-corrected chi connectivity index (χ1v) is 3.82. The zero-order chi connectivity index (χ0) is 7.98. The van der Waals surface area contributed by atoms with E-state index in [2.05, 4.69) is 4.72 Å². The van der Waals surface area contributed by atoms with E-state index in [0.717, 1.165) is 0 Å². The first-order valence-electron chi connectivity index (χ1n) is 2.64. The molecular formula is C4H11NO4S. The quantitative estimate of drug-likeness (QED) is 0.397. The van der Waals surface area contributed by atoms with Gasteiger partial charge in [-0.25, -0.2) is 13.1 Å². The van der Waals surface area contributed by atoms with Gasteiger partial charge in [0.25, 0.3) is 0 Å². The van der Waals surface area contributed by atoms with Crippen molar-refractivity contribution in [2.45, 2.75) is 6.29 Å². The molecule has 0 unspecified atom stereocenters. The minimum absolute atomic E-state index is 0.145. The minimum atomic E-state index is -2.55.